The van der Waals surface area contributed by atoms with Crippen LogP contribution in [0.15, 0.2) is 46.9 Å². The molecule has 0 aliphatic rings. The van der Waals surface area contributed by atoms with Crippen molar-refractivity contribution in [2.75, 3.05) is 13.7 Å². The summed E-state index contributed by atoms with van der Waals surface area (Å²) < 4.78 is 5.57. The zero-order valence-corrected chi connectivity index (χ0v) is 15.1. The van der Waals surface area contributed by atoms with Crippen molar-refractivity contribution in [3.05, 3.63) is 68.7 Å². The average Bonchev–Trinajstić information content (AvgIpc) is 2.56. The standard InChI is InChI=1S/C18H18BrClO3/c1-23-18(22)14-7-5-12(17(19)10-14)6-8-15(11-21)13-3-2-4-16(20)9-13/h2-5,7,9-10,15,21H,6,8,11H2,1H3/t15-/m1/s1. The normalized spacial score (nSPS) is 12.0. The van der Waals surface area contributed by atoms with Gasteiger partial charge in [-0.2, -0.15) is 0 Å². The van der Waals surface area contributed by atoms with E-state index in [-0.39, 0.29) is 18.5 Å². The van der Waals surface area contributed by atoms with Gasteiger partial charge in [0.1, 0.15) is 0 Å². The molecular formula is C18H18BrClO3. The molecule has 5 heteroatoms. The molecule has 0 radical (unpaired) electrons. The van der Waals surface area contributed by atoms with Gasteiger partial charge in [0.05, 0.1) is 12.7 Å². The Morgan fingerprint density at radius 3 is 2.70 bits per heavy atom. The summed E-state index contributed by atoms with van der Waals surface area (Å²) in [5, 5.41) is 10.3. The molecule has 0 aliphatic heterocycles. The van der Waals surface area contributed by atoms with Crippen LogP contribution < -0.4 is 0 Å². The highest BCUT2D eigenvalue weighted by molar-refractivity contribution is 9.10. The topological polar surface area (TPSA) is 46.5 Å². The number of carbonyl (C=O) groups excluding carboxylic acids is 1. The fraction of sp³-hybridized carbons (Fsp3) is 0.278. The quantitative estimate of drug-likeness (QED) is 0.725. The van der Waals surface area contributed by atoms with Crippen LogP contribution in [0.3, 0.4) is 0 Å². The van der Waals surface area contributed by atoms with Crippen LogP contribution in [0.25, 0.3) is 0 Å². The monoisotopic (exact) mass is 396 g/mol. The summed E-state index contributed by atoms with van der Waals surface area (Å²) in [6.45, 7) is 0.0677. The fourth-order valence-corrected chi connectivity index (χ4v) is 3.22. The molecule has 0 aromatic heterocycles. The minimum Gasteiger partial charge on any atom is -0.465 e. The molecule has 0 heterocycles. The first-order valence-electron chi connectivity index (χ1n) is 7.28. The number of esters is 1. The van der Waals surface area contributed by atoms with Gasteiger partial charge in [-0.3, -0.25) is 0 Å². The van der Waals surface area contributed by atoms with E-state index in [9.17, 15) is 9.90 Å². The molecule has 0 unspecified atom stereocenters. The molecule has 0 bridgehead atoms. The van der Waals surface area contributed by atoms with Crippen molar-refractivity contribution in [2.24, 2.45) is 0 Å². The van der Waals surface area contributed by atoms with Crippen LogP contribution in [0.1, 0.15) is 33.8 Å². The minimum atomic E-state index is -0.357. The number of hydrogen-bond donors (Lipinski definition) is 1. The van der Waals surface area contributed by atoms with E-state index in [0.29, 0.717) is 10.6 Å². The summed E-state index contributed by atoms with van der Waals surface area (Å²) in [5.74, 6) is -0.328. The zero-order valence-electron chi connectivity index (χ0n) is 12.8. The predicted molar refractivity (Wildman–Crippen MR) is 95.1 cm³/mol. The maximum absolute atomic E-state index is 11.5. The van der Waals surface area contributed by atoms with Crippen molar-refractivity contribution in [1.82, 2.24) is 0 Å². The Kier molecular flexibility index (Phi) is 6.63. The molecule has 1 N–H and O–H groups in total. The van der Waals surface area contributed by atoms with E-state index in [2.05, 4.69) is 15.9 Å². The van der Waals surface area contributed by atoms with Gasteiger partial charge in [0, 0.05) is 22.0 Å². The summed E-state index contributed by atoms with van der Waals surface area (Å²) in [6.07, 6.45) is 1.56. The zero-order chi connectivity index (χ0) is 16.8. The number of rotatable bonds is 6. The van der Waals surface area contributed by atoms with Crippen LogP contribution >= 0.6 is 27.5 Å². The number of aryl methyl sites for hydroxylation is 1. The lowest BCUT2D eigenvalue weighted by Crippen LogP contribution is -2.06. The predicted octanol–water partition coefficient (Wildman–Crippen LogP) is 4.60. The number of ether oxygens (including phenoxy) is 1. The molecule has 23 heavy (non-hydrogen) atoms. The lowest BCUT2D eigenvalue weighted by molar-refractivity contribution is 0.0600. The van der Waals surface area contributed by atoms with Gasteiger partial charge in [0.15, 0.2) is 0 Å². The summed E-state index contributed by atoms with van der Waals surface area (Å²) in [4.78, 5) is 11.5. The van der Waals surface area contributed by atoms with Gasteiger partial charge in [0.25, 0.3) is 0 Å². The van der Waals surface area contributed by atoms with Crippen molar-refractivity contribution < 1.29 is 14.6 Å². The van der Waals surface area contributed by atoms with Crippen molar-refractivity contribution >= 4 is 33.5 Å². The molecule has 0 amide bonds. The number of benzene rings is 2. The summed E-state index contributed by atoms with van der Waals surface area (Å²) in [5.41, 5.74) is 2.62. The Hall–Kier alpha value is -1.36. The second-order valence-electron chi connectivity index (χ2n) is 5.27. The van der Waals surface area contributed by atoms with Crippen LogP contribution in [-0.4, -0.2) is 24.8 Å². The van der Waals surface area contributed by atoms with E-state index in [1.807, 2.05) is 30.3 Å². The summed E-state index contributed by atoms with van der Waals surface area (Å²) in [6, 6.07) is 13.0. The second-order valence-corrected chi connectivity index (χ2v) is 6.56. The van der Waals surface area contributed by atoms with Crippen LogP contribution in [0.4, 0.5) is 0 Å². The largest absolute Gasteiger partial charge is 0.465 e. The molecule has 0 aliphatic carbocycles. The van der Waals surface area contributed by atoms with E-state index in [4.69, 9.17) is 16.3 Å². The van der Waals surface area contributed by atoms with E-state index in [0.717, 1.165) is 28.4 Å². The van der Waals surface area contributed by atoms with Gasteiger partial charge in [-0.25, -0.2) is 4.79 Å². The van der Waals surface area contributed by atoms with E-state index < -0.39 is 0 Å². The molecule has 1 atom stereocenters. The van der Waals surface area contributed by atoms with Crippen molar-refractivity contribution in [2.45, 2.75) is 18.8 Å². The Balaban J connectivity index is 2.08. The lowest BCUT2D eigenvalue weighted by Gasteiger charge is -2.15. The first-order chi connectivity index (χ1) is 11.0. The summed E-state index contributed by atoms with van der Waals surface area (Å²) >= 11 is 9.51. The average molecular weight is 398 g/mol. The van der Waals surface area contributed by atoms with Crippen LogP contribution in [0.5, 0.6) is 0 Å². The number of carbonyl (C=O) groups is 1. The molecule has 2 aromatic carbocycles. The molecule has 122 valence electrons. The number of halogens is 2. The smallest absolute Gasteiger partial charge is 0.337 e. The number of methoxy groups -OCH3 is 1. The number of aliphatic hydroxyl groups excluding tert-OH is 1. The fourth-order valence-electron chi connectivity index (χ4n) is 2.45. The van der Waals surface area contributed by atoms with Gasteiger partial charge < -0.3 is 9.84 Å². The van der Waals surface area contributed by atoms with Crippen molar-refractivity contribution in [1.29, 1.82) is 0 Å². The minimum absolute atomic E-state index is 0.0286. The van der Waals surface area contributed by atoms with Crippen molar-refractivity contribution in [3.8, 4) is 0 Å². The Labute approximate surface area is 149 Å². The van der Waals surface area contributed by atoms with Crippen LogP contribution in [0, 0.1) is 0 Å². The second kappa shape index (κ2) is 8.48. The molecule has 0 saturated carbocycles. The van der Waals surface area contributed by atoms with E-state index in [1.165, 1.54) is 7.11 Å². The molecule has 0 saturated heterocycles. The third kappa shape index (κ3) is 4.80. The van der Waals surface area contributed by atoms with Gasteiger partial charge in [-0.1, -0.05) is 45.7 Å². The van der Waals surface area contributed by atoms with Crippen molar-refractivity contribution in [3.63, 3.8) is 0 Å². The Morgan fingerprint density at radius 1 is 1.30 bits per heavy atom. The lowest BCUT2D eigenvalue weighted by atomic mass is 9.93. The first kappa shape index (κ1) is 18.0. The summed E-state index contributed by atoms with van der Waals surface area (Å²) in [7, 11) is 1.36. The van der Waals surface area contributed by atoms with Gasteiger partial charge >= 0.3 is 5.97 Å². The van der Waals surface area contributed by atoms with Crippen LogP contribution in [-0.2, 0) is 11.2 Å². The number of hydrogen-bond acceptors (Lipinski definition) is 3. The third-order valence-corrected chi connectivity index (χ3v) is 4.75. The molecule has 0 fully saturated rings. The number of aliphatic hydroxyl groups is 1. The Morgan fingerprint density at radius 2 is 2.09 bits per heavy atom. The molecule has 2 aromatic rings. The maximum Gasteiger partial charge on any atom is 0.337 e. The molecular weight excluding hydrogens is 380 g/mol. The first-order valence-corrected chi connectivity index (χ1v) is 8.45. The molecule has 2 rings (SSSR count). The highest BCUT2D eigenvalue weighted by Crippen LogP contribution is 2.27. The highest BCUT2D eigenvalue weighted by Gasteiger charge is 2.13. The SMILES string of the molecule is COC(=O)c1ccc(CC[C@H](CO)c2cccc(Cl)c2)c(Br)c1. The molecule has 3 nitrogen and oxygen atoms in total. The Bertz CT molecular complexity index is 688. The van der Waals surface area contributed by atoms with E-state index in [1.54, 1.807) is 12.1 Å². The van der Waals surface area contributed by atoms with Gasteiger partial charge in [0.2, 0.25) is 0 Å². The molecule has 0 spiro atoms. The third-order valence-electron chi connectivity index (χ3n) is 3.78. The highest BCUT2D eigenvalue weighted by atomic mass is 79.9. The van der Waals surface area contributed by atoms with Gasteiger partial charge in [-0.15, -0.1) is 0 Å². The van der Waals surface area contributed by atoms with E-state index >= 15 is 0 Å². The van der Waals surface area contributed by atoms with Crippen LogP contribution in [0.2, 0.25) is 5.02 Å². The maximum atomic E-state index is 11.5. The van der Waals surface area contributed by atoms with Gasteiger partial charge in [-0.05, 0) is 48.2 Å².